The molecular formula is C19H23N5OS. The Hall–Kier alpha value is -2.54. The van der Waals surface area contributed by atoms with E-state index >= 15 is 0 Å². The molecule has 0 spiro atoms. The largest absolute Gasteiger partial charge is 0.342 e. The SMILES string of the molecule is Cc1nc(C)c(-c2cccc(C(=O)N[C@@H](c3ncnn3C)C(C)C)c2)s1. The number of thiazole rings is 1. The number of carbonyl (C=O) groups excluding carboxylic acids is 1. The molecule has 0 unspecified atom stereocenters. The van der Waals surface area contributed by atoms with E-state index < -0.39 is 0 Å². The van der Waals surface area contributed by atoms with Crippen molar-refractivity contribution in [3.05, 3.63) is 52.7 Å². The highest BCUT2D eigenvalue weighted by Gasteiger charge is 2.23. The van der Waals surface area contributed by atoms with Crippen molar-refractivity contribution in [3.63, 3.8) is 0 Å². The second-order valence-corrected chi connectivity index (χ2v) is 7.87. The number of aryl methyl sites for hydroxylation is 3. The number of aromatic nitrogens is 4. The van der Waals surface area contributed by atoms with Gasteiger partial charge in [-0.3, -0.25) is 9.48 Å². The Morgan fingerprint density at radius 1 is 1.27 bits per heavy atom. The summed E-state index contributed by atoms with van der Waals surface area (Å²) in [5.41, 5.74) is 2.63. The Morgan fingerprint density at radius 2 is 2.04 bits per heavy atom. The van der Waals surface area contributed by atoms with Crippen LogP contribution in [0, 0.1) is 19.8 Å². The van der Waals surface area contributed by atoms with Crippen LogP contribution in [0.4, 0.5) is 0 Å². The van der Waals surface area contributed by atoms with Gasteiger partial charge in [-0.05, 0) is 37.5 Å². The van der Waals surface area contributed by atoms with Gasteiger partial charge in [-0.25, -0.2) is 9.97 Å². The third-order valence-electron chi connectivity index (χ3n) is 4.27. The summed E-state index contributed by atoms with van der Waals surface area (Å²) in [7, 11) is 1.83. The number of hydrogen-bond donors (Lipinski definition) is 1. The van der Waals surface area contributed by atoms with Gasteiger partial charge in [-0.1, -0.05) is 26.0 Å². The smallest absolute Gasteiger partial charge is 0.251 e. The lowest BCUT2D eigenvalue weighted by Crippen LogP contribution is -2.33. The monoisotopic (exact) mass is 369 g/mol. The van der Waals surface area contributed by atoms with Gasteiger partial charge in [0.25, 0.3) is 5.91 Å². The average Bonchev–Trinajstić information content (AvgIpc) is 3.17. The molecule has 1 amide bonds. The molecule has 26 heavy (non-hydrogen) atoms. The molecular weight excluding hydrogens is 346 g/mol. The van der Waals surface area contributed by atoms with Crippen LogP contribution in [0.2, 0.25) is 0 Å². The van der Waals surface area contributed by atoms with Crippen LogP contribution < -0.4 is 5.32 Å². The fourth-order valence-electron chi connectivity index (χ4n) is 2.94. The predicted octanol–water partition coefficient (Wildman–Crippen LogP) is 3.68. The van der Waals surface area contributed by atoms with Gasteiger partial charge in [0, 0.05) is 12.6 Å². The van der Waals surface area contributed by atoms with Crippen LogP contribution in [-0.4, -0.2) is 25.7 Å². The van der Waals surface area contributed by atoms with Crippen molar-refractivity contribution in [1.29, 1.82) is 0 Å². The van der Waals surface area contributed by atoms with E-state index in [9.17, 15) is 4.79 Å². The lowest BCUT2D eigenvalue weighted by atomic mass is 10.0. The second-order valence-electron chi connectivity index (χ2n) is 6.67. The number of carbonyl (C=O) groups is 1. The maximum atomic E-state index is 12.9. The zero-order valence-corrected chi connectivity index (χ0v) is 16.5. The number of nitrogens with zero attached hydrogens (tertiary/aromatic N) is 4. The van der Waals surface area contributed by atoms with E-state index in [4.69, 9.17) is 0 Å². The fraction of sp³-hybridized carbons (Fsp3) is 0.368. The maximum absolute atomic E-state index is 12.9. The lowest BCUT2D eigenvalue weighted by molar-refractivity contribution is 0.0922. The zero-order chi connectivity index (χ0) is 18.8. The van der Waals surface area contributed by atoms with Gasteiger partial charge in [0.1, 0.15) is 12.2 Å². The molecule has 0 fully saturated rings. The molecule has 0 saturated heterocycles. The number of hydrogen-bond acceptors (Lipinski definition) is 5. The molecule has 0 bridgehead atoms. The molecule has 3 rings (SSSR count). The first-order valence-electron chi connectivity index (χ1n) is 8.56. The van der Waals surface area contributed by atoms with Crippen LogP contribution in [0.15, 0.2) is 30.6 Å². The molecule has 1 atom stereocenters. The standard InChI is InChI=1S/C19H23N5OS/c1-11(2)16(18-20-10-21-24(18)5)23-19(25)15-8-6-7-14(9-15)17-12(3)22-13(4)26-17/h6-11,16H,1-5H3,(H,23,25)/t16-/m1/s1. The van der Waals surface area contributed by atoms with E-state index in [1.165, 1.54) is 6.33 Å². The van der Waals surface area contributed by atoms with Crippen molar-refractivity contribution < 1.29 is 4.79 Å². The Balaban J connectivity index is 1.87. The Morgan fingerprint density at radius 3 is 2.62 bits per heavy atom. The van der Waals surface area contributed by atoms with Crippen LogP contribution in [-0.2, 0) is 7.05 Å². The summed E-state index contributed by atoms with van der Waals surface area (Å²) in [5.74, 6) is 0.822. The molecule has 0 aliphatic heterocycles. The molecule has 0 saturated carbocycles. The summed E-state index contributed by atoms with van der Waals surface area (Å²) in [6.07, 6.45) is 1.51. The second kappa shape index (κ2) is 7.37. The highest BCUT2D eigenvalue weighted by atomic mass is 32.1. The summed E-state index contributed by atoms with van der Waals surface area (Å²) in [6, 6.07) is 7.47. The van der Waals surface area contributed by atoms with Crippen LogP contribution >= 0.6 is 11.3 Å². The molecule has 2 aromatic heterocycles. The van der Waals surface area contributed by atoms with Gasteiger partial charge >= 0.3 is 0 Å². The first-order chi connectivity index (χ1) is 12.4. The van der Waals surface area contributed by atoms with Crippen molar-refractivity contribution in [2.45, 2.75) is 33.7 Å². The minimum atomic E-state index is -0.203. The molecule has 0 radical (unpaired) electrons. The summed E-state index contributed by atoms with van der Waals surface area (Å²) >= 11 is 1.64. The van der Waals surface area contributed by atoms with Crippen molar-refractivity contribution in [2.24, 2.45) is 13.0 Å². The lowest BCUT2D eigenvalue weighted by Gasteiger charge is -2.21. The topological polar surface area (TPSA) is 72.7 Å². The van der Waals surface area contributed by atoms with Gasteiger partial charge in [0.05, 0.1) is 21.6 Å². The van der Waals surface area contributed by atoms with Gasteiger partial charge in [0.2, 0.25) is 0 Å². The van der Waals surface area contributed by atoms with E-state index in [2.05, 4.69) is 34.2 Å². The Labute approximate surface area is 157 Å². The first kappa shape index (κ1) is 18.3. The Kier molecular flexibility index (Phi) is 5.18. The zero-order valence-electron chi connectivity index (χ0n) is 15.6. The van der Waals surface area contributed by atoms with Gasteiger partial charge in [-0.15, -0.1) is 11.3 Å². The Bertz CT molecular complexity index is 928. The van der Waals surface area contributed by atoms with Crippen molar-refractivity contribution in [2.75, 3.05) is 0 Å². The van der Waals surface area contributed by atoms with Crippen molar-refractivity contribution in [3.8, 4) is 10.4 Å². The summed E-state index contributed by atoms with van der Waals surface area (Å²) in [6.45, 7) is 8.10. The minimum absolute atomic E-state index is 0.118. The quantitative estimate of drug-likeness (QED) is 0.744. The molecule has 0 aliphatic rings. The van der Waals surface area contributed by atoms with E-state index in [-0.39, 0.29) is 17.9 Å². The molecule has 7 heteroatoms. The van der Waals surface area contributed by atoms with Crippen LogP contribution in [0.1, 0.15) is 46.8 Å². The van der Waals surface area contributed by atoms with Crippen molar-refractivity contribution >= 4 is 17.2 Å². The summed E-state index contributed by atoms with van der Waals surface area (Å²) < 4.78 is 1.70. The van der Waals surface area contributed by atoms with E-state index in [1.807, 2.05) is 45.2 Å². The number of benzene rings is 1. The molecule has 6 nitrogen and oxygen atoms in total. The molecule has 3 aromatic rings. The first-order valence-corrected chi connectivity index (χ1v) is 9.37. The van der Waals surface area contributed by atoms with Gasteiger partial charge < -0.3 is 5.32 Å². The normalized spacial score (nSPS) is 12.4. The maximum Gasteiger partial charge on any atom is 0.251 e. The molecule has 1 aromatic carbocycles. The van der Waals surface area contributed by atoms with Gasteiger partial charge in [-0.2, -0.15) is 5.10 Å². The van der Waals surface area contributed by atoms with E-state index in [0.29, 0.717) is 5.56 Å². The third-order valence-corrected chi connectivity index (χ3v) is 5.39. The minimum Gasteiger partial charge on any atom is -0.342 e. The van der Waals surface area contributed by atoms with Crippen molar-refractivity contribution in [1.82, 2.24) is 25.1 Å². The van der Waals surface area contributed by atoms with Gasteiger partial charge in [0.15, 0.2) is 0 Å². The van der Waals surface area contributed by atoms with Crippen LogP contribution in [0.25, 0.3) is 10.4 Å². The average molecular weight is 369 g/mol. The number of rotatable bonds is 5. The summed E-state index contributed by atoms with van der Waals surface area (Å²) in [4.78, 5) is 22.7. The van der Waals surface area contributed by atoms with Crippen LogP contribution in [0.3, 0.4) is 0 Å². The van der Waals surface area contributed by atoms with Crippen LogP contribution in [0.5, 0.6) is 0 Å². The molecule has 1 N–H and O–H groups in total. The number of nitrogens with one attached hydrogen (secondary N) is 1. The fourth-order valence-corrected chi connectivity index (χ4v) is 3.86. The predicted molar refractivity (Wildman–Crippen MR) is 103 cm³/mol. The number of amides is 1. The molecule has 2 heterocycles. The third kappa shape index (κ3) is 3.67. The van der Waals surface area contributed by atoms with E-state index in [1.54, 1.807) is 16.0 Å². The summed E-state index contributed by atoms with van der Waals surface area (Å²) in [5, 5.41) is 8.24. The highest BCUT2D eigenvalue weighted by molar-refractivity contribution is 7.15. The molecule has 136 valence electrons. The van der Waals surface area contributed by atoms with E-state index in [0.717, 1.165) is 27.0 Å². The highest BCUT2D eigenvalue weighted by Crippen LogP contribution is 2.30. The molecule has 0 aliphatic carbocycles.